The van der Waals surface area contributed by atoms with E-state index in [9.17, 15) is 4.79 Å². The standard InChI is InChI=1S/C21H20N6O2S/c1-3-29-21(28)17-13(2)16-19(22-12-23-20(16)30-17)26-9-10-27-15(11-26)24-25-18(27)14-7-5-4-6-8-14/h4-8,12H,3,9-11H2,1-2H3. The molecule has 4 aromatic rings. The van der Waals surface area contributed by atoms with Crippen LogP contribution >= 0.6 is 11.3 Å². The number of hydrogen-bond acceptors (Lipinski definition) is 8. The van der Waals surface area contributed by atoms with E-state index in [2.05, 4.69) is 29.6 Å². The van der Waals surface area contributed by atoms with E-state index in [0.717, 1.165) is 51.9 Å². The molecule has 0 amide bonds. The molecule has 0 spiro atoms. The second-order valence-electron chi connectivity index (χ2n) is 7.03. The molecular formula is C21H20N6O2S. The Bertz CT molecular complexity index is 1230. The summed E-state index contributed by atoms with van der Waals surface area (Å²) in [7, 11) is 0. The Hall–Kier alpha value is -3.33. The average Bonchev–Trinajstić information content (AvgIpc) is 3.35. The fourth-order valence-corrected chi connectivity index (χ4v) is 4.86. The minimum Gasteiger partial charge on any atom is -0.462 e. The molecule has 0 bridgehead atoms. The number of aryl methyl sites for hydroxylation is 1. The number of nitrogens with zero attached hydrogens (tertiary/aromatic N) is 6. The molecule has 30 heavy (non-hydrogen) atoms. The summed E-state index contributed by atoms with van der Waals surface area (Å²) in [5.74, 6) is 2.29. The van der Waals surface area contributed by atoms with Crippen molar-refractivity contribution in [1.82, 2.24) is 24.7 Å². The molecule has 0 saturated carbocycles. The molecule has 0 fully saturated rings. The average molecular weight is 420 g/mol. The van der Waals surface area contributed by atoms with Crippen molar-refractivity contribution in [1.29, 1.82) is 0 Å². The van der Waals surface area contributed by atoms with E-state index >= 15 is 0 Å². The van der Waals surface area contributed by atoms with Crippen LogP contribution in [0.25, 0.3) is 21.6 Å². The minimum atomic E-state index is -0.310. The second kappa shape index (κ2) is 7.49. The zero-order valence-corrected chi connectivity index (χ0v) is 17.5. The van der Waals surface area contributed by atoms with Crippen molar-refractivity contribution in [3.63, 3.8) is 0 Å². The van der Waals surface area contributed by atoms with E-state index in [1.165, 1.54) is 11.3 Å². The number of ether oxygens (including phenoxy) is 1. The second-order valence-corrected chi connectivity index (χ2v) is 8.03. The van der Waals surface area contributed by atoms with Crippen LogP contribution in [0.4, 0.5) is 5.82 Å². The summed E-state index contributed by atoms with van der Waals surface area (Å²) in [4.78, 5) is 24.8. The van der Waals surface area contributed by atoms with Crippen molar-refractivity contribution in [2.75, 3.05) is 18.1 Å². The molecule has 3 aromatic heterocycles. The predicted molar refractivity (Wildman–Crippen MR) is 115 cm³/mol. The lowest BCUT2D eigenvalue weighted by Crippen LogP contribution is -2.34. The van der Waals surface area contributed by atoms with Crippen LogP contribution < -0.4 is 4.90 Å². The van der Waals surface area contributed by atoms with Gasteiger partial charge in [-0.25, -0.2) is 14.8 Å². The van der Waals surface area contributed by atoms with Crippen molar-refractivity contribution in [2.24, 2.45) is 0 Å². The van der Waals surface area contributed by atoms with Gasteiger partial charge in [-0.2, -0.15) is 0 Å². The van der Waals surface area contributed by atoms with Gasteiger partial charge >= 0.3 is 5.97 Å². The fraction of sp³-hybridized carbons (Fsp3) is 0.286. The lowest BCUT2D eigenvalue weighted by atomic mass is 10.2. The quantitative estimate of drug-likeness (QED) is 0.467. The molecule has 0 radical (unpaired) electrons. The van der Waals surface area contributed by atoms with Crippen LogP contribution in [0.15, 0.2) is 36.7 Å². The molecule has 152 valence electrons. The molecule has 1 aromatic carbocycles. The van der Waals surface area contributed by atoms with Gasteiger partial charge in [-0.1, -0.05) is 30.3 Å². The molecule has 0 atom stereocenters. The Balaban J connectivity index is 1.51. The third-order valence-electron chi connectivity index (χ3n) is 5.25. The molecule has 8 nitrogen and oxygen atoms in total. The van der Waals surface area contributed by atoms with Crippen LogP contribution in [0.2, 0.25) is 0 Å². The molecule has 0 saturated heterocycles. The molecule has 5 rings (SSSR count). The number of hydrogen-bond donors (Lipinski definition) is 0. The molecule has 0 unspecified atom stereocenters. The van der Waals surface area contributed by atoms with Gasteiger partial charge in [0.25, 0.3) is 0 Å². The Morgan fingerprint density at radius 1 is 1.17 bits per heavy atom. The monoisotopic (exact) mass is 420 g/mol. The first-order valence-electron chi connectivity index (χ1n) is 9.81. The highest BCUT2D eigenvalue weighted by atomic mass is 32.1. The van der Waals surface area contributed by atoms with Crippen LogP contribution in [-0.2, 0) is 17.8 Å². The highest BCUT2D eigenvalue weighted by Crippen LogP contribution is 2.36. The number of anilines is 1. The molecule has 1 aliphatic rings. The van der Waals surface area contributed by atoms with Crippen LogP contribution in [0.5, 0.6) is 0 Å². The Morgan fingerprint density at radius 2 is 2.00 bits per heavy atom. The SMILES string of the molecule is CCOC(=O)c1sc2ncnc(N3CCn4c(nnc4-c4ccccc4)C3)c2c1C. The maximum Gasteiger partial charge on any atom is 0.348 e. The largest absolute Gasteiger partial charge is 0.462 e. The van der Waals surface area contributed by atoms with Crippen molar-refractivity contribution < 1.29 is 9.53 Å². The van der Waals surface area contributed by atoms with Gasteiger partial charge in [-0.15, -0.1) is 21.5 Å². The third kappa shape index (κ3) is 3.02. The zero-order valence-electron chi connectivity index (χ0n) is 16.7. The third-order valence-corrected chi connectivity index (χ3v) is 6.43. The van der Waals surface area contributed by atoms with E-state index in [4.69, 9.17) is 4.74 Å². The minimum absolute atomic E-state index is 0.310. The van der Waals surface area contributed by atoms with E-state index in [1.54, 1.807) is 13.3 Å². The first-order chi connectivity index (χ1) is 14.7. The molecule has 9 heteroatoms. The topological polar surface area (TPSA) is 86.0 Å². The van der Waals surface area contributed by atoms with Gasteiger partial charge in [-0.3, -0.25) is 0 Å². The summed E-state index contributed by atoms with van der Waals surface area (Å²) in [6.07, 6.45) is 1.55. The van der Waals surface area contributed by atoms with E-state index < -0.39 is 0 Å². The predicted octanol–water partition coefficient (Wildman–Crippen LogP) is 3.46. The van der Waals surface area contributed by atoms with Crippen LogP contribution in [-0.4, -0.2) is 43.9 Å². The van der Waals surface area contributed by atoms with Crippen LogP contribution in [0.1, 0.15) is 28.0 Å². The summed E-state index contributed by atoms with van der Waals surface area (Å²) >= 11 is 1.35. The first-order valence-corrected chi connectivity index (χ1v) is 10.6. The number of fused-ring (bicyclic) bond motifs is 2. The zero-order chi connectivity index (χ0) is 20.7. The van der Waals surface area contributed by atoms with Crippen molar-refractivity contribution in [2.45, 2.75) is 26.9 Å². The summed E-state index contributed by atoms with van der Waals surface area (Å²) in [5.41, 5.74) is 1.92. The maximum absolute atomic E-state index is 12.3. The van der Waals surface area contributed by atoms with Crippen molar-refractivity contribution in [3.05, 3.63) is 52.9 Å². The summed E-state index contributed by atoms with van der Waals surface area (Å²) in [5, 5.41) is 9.75. The van der Waals surface area contributed by atoms with Gasteiger partial charge in [-0.05, 0) is 19.4 Å². The van der Waals surface area contributed by atoms with E-state index in [-0.39, 0.29) is 5.97 Å². The molecule has 0 aliphatic carbocycles. The smallest absolute Gasteiger partial charge is 0.348 e. The lowest BCUT2D eigenvalue weighted by molar-refractivity contribution is 0.0531. The Morgan fingerprint density at radius 3 is 2.80 bits per heavy atom. The van der Waals surface area contributed by atoms with Gasteiger partial charge in [0.05, 0.1) is 18.5 Å². The summed E-state index contributed by atoms with van der Waals surface area (Å²) in [6, 6.07) is 10.1. The maximum atomic E-state index is 12.3. The first kappa shape index (κ1) is 18.7. The van der Waals surface area contributed by atoms with E-state index in [1.807, 2.05) is 37.3 Å². The molecule has 4 heterocycles. The van der Waals surface area contributed by atoms with Crippen LogP contribution in [0, 0.1) is 6.92 Å². The fourth-order valence-electron chi connectivity index (χ4n) is 3.82. The van der Waals surface area contributed by atoms with Gasteiger partial charge in [0.15, 0.2) is 11.6 Å². The van der Waals surface area contributed by atoms with Crippen molar-refractivity contribution >= 4 is 33.3 Å². The van der Waals surface area contributed by atoms with Gasteiger partial charge in [0, 0.05) is 18.7 Å². The number of benzene rings is 1. The number of carbonyl (C=O) groups is 1. The van der Waals surface area contributed by atoms with Crippen LogP contribution in [0.3, 0.4) is 0 Å². The highest BCUT2D eigenvalue weighted by Gasteiger charge is 2.27. The highest BCUT2D eigenvalue weighted by molar-refractivity contribution is 7.20. The number of aromatic nitrogens is 5. The van der Waals surface area contributed by atoms with Gasteiger partial charge < -0.3 is 14.2 Å². The number of carbonyl (C=O) groups excluding carboxylic acids is 1. The normalized spacial score (nSPS) is 13.5. The molecular weight excluding hydrogens is 400 g/mol. The van der Waals surface area contributed by atoms with E-state index in [0.29, 0.717) is 18.0 Å². The Kier molecular flexibility index (Phi) is 4.66. The molecule has 0 N–H and O–H groups in total. The number of rotatable bonds is 4. The van der Waals surface area contributed by atoms with Gasteiger partial charge in [0.2, 0.25) is 0 Å². The Labute approximate surface area is 177 Å². The number of thiophene rings is 1. The lowest BCUT2D eigenvalue weighted by Gasteiger charge is -2.29. The number of esters is 1. The molecule has 1 aliphatic heterocycles. The van der Waals surface area contributed by atoms with Gasteiger partial charge in [0.1, 0.15) is 21.9 Å². The summed E-state index contributed by atoms with van der Waals surface area (Å²) < 4.78 is 7.36. The summed E-state index contributed by atoms with van der Waals surface area (Å²) in [6.45, 7) is 6.19. The van der Waals surface area contributed by atoms with Crippen molar-refractivity contribution in [3.8, 4) is 11.4 Å².